The van der Waals surface area contributed by atoms with Gasteiger partial charge in [0, 0.05) is 23.9 Å². The third-order valence-corrected chi connectivity index (χ3v) is 5.03. The fourth-order valence-electron chi connectivity index (χ4n) is 2.46. The summed E-state index contributed by atoms with van der Waals surface area (Å²) in [5.41, 5.74) is 0.837. The van der Waals surface area contributed by atoms with Crippen molar-refractivity contribution >= 4 is 29.3 Å². The number of nitrogens with zero attached hydrogens (tertiary/aromatic N) is 4. The van der Waals surface area contributed by atoms with Gasteiger partial charge in [-0.15, -0.1) is 10.2 Å². The lowest BCUT2D eigenvalue weighted by Gasteiger charge is -2.28. The molecule has 1 fully saturated rings. The van der Waals surface area contributed by atoms with Crippen LogP contribution >= 0.6 is 23.4 Å². The van der Waals surface area contributed by atoms with Crippen LogP contribution in [0.25, 0.3) is 0 Å². The van der Waals surface area contributed by atoms with Crippen molar-refractivity contribution in [2.24, 2.45) is 0 Å². The van der Waals surface area contributed by atoms with Crippen LogP contribution in [-0.2, 0) is 17.0 Å². The number of aromatic nitrogens is 3. The van der Waals surface area contributed by atoms with Gasteiger partial charge >= 0.3 is 6.18 Å². The van der Waals surface area contributed by atoms with Gasteiger partial charge in [0.1, 0.15) is 6.54 Å². The van der Waals surface area contributed by atoms with E-state index in [0.717, 1.165) is 10.1 Å². The first-order chi connectivity index (χ1) is 11.9. The van der Waals surface area contributed by atoms with Gasteiger partial charge in [-0.1, -0.05) is 41.6 Å². The molecule has 0 atom stereocenters. The number of hydrogen-bond donors (Lipinski definition) is 0. The number of thioether (sulfide) groups is 1. The van der Waals surface area contributed by atoms with Gasteiger partial charge in [-0.2, -0.15) is 13.2 Å². The molecule has 1 saturated heterocycles. The second-order valence-corrected chi connectivity index (χ2v) is 6.81. The average molecular weight is 393 g/mol. The zero-order valence-corrected chi connectivity index (χ0v) is 14.7. The summed E-state index contributed by atoms with van der Waals surface area (Å²) >= 11 is 7.29. The monoisotopic (exact) mass is 392 g/mol. The lowest BCUT2D eigenvalue weighted by Crippen LogP contribution is -2.38. The summed E-state index contributed by atoms with van der Waals surface area (Å²) in [4.78, 5) is 1.77. The molecule has 5 nitrogen and oxygen atoms in total. The summed E-state index contributed by atoms with van der Waals surface area (Å²) in [6.45, 7) is 0.774. The molecular formula is C15H16ClF3N4OS. The lowest BCUT2D eigenvalue weighted by molar-refractivity contribution is -0.141. The van der Waals surface area contributed by atoms with Crippen molar-refractivity contribution in [2.45, 2.75) is 23.6 Å². The highest BCUT2D eigenvalue weighted by atomic mass is 35.5. The van der Waals surface area contributed by atoms with Gasteiger partial charge in [0.05, 0.1) is 13.2 Å². The molecule has 3 rings (SSSR count). The Bertz CT molecular complexity index is 719. The predicted molar refractivity (Wildman–Crippen MR) is 90.1 cm³/mol. The van der Waals surface area contributed by atoms with E-state index in [4.69, 9.17) is 16.3 Å². The van der Waals surface area contributed by atoms with Crippen molar-refractivity contribution in [2.75, 3.05) is 31.2 Å². The van der Waals surface area contributed by atoms with E-state index < -0.39 is 12.7 Å². The van der Waals surface area contributed by atoms with Crippen LogP contribution in [0, 0.1) is 0 Å². The SMILES string of the molecule is FC(F)(F)Cn1c(SCc2ccccc2Cl)nnc1N1CCOCC1. The molecule has 136 valence electrons. The highest BCUT2D eigenvalue weighted by Crippen LogP contribution is 2.30. The molecule has 0 aliphatic carbocycles. The standard InChI is InChI=1S/C15H16ClF3N4OS/c16-12-4-2-1-3-11(12)9-25-14-21-20-13(22-5-7-24-8-6-22)23(14)10-15(17,18)19/h1-4H,5-10H2. The molecule has 10 heteroatoms. The van der Waals surface area contributed by atoms with E-state index in [1.165, 1.54) is 11.8 Å². The minimum atomic E-state index is -4.36. The average Bonchev–Trinajstić information content (AvgIpc) is 2.96. The Morgan fingerprint density at radius 2 is 1.88 bits per heavy atom. The van der Waals surface area contributed by atoms with Gasteiger partial charge in [0.2, 0.25) is 5.95 Å². The van der Waals surface area contributed by atoms with Crippen molar-refractivity contribution in [3.05, 3.63) is 34.9 Å². The molecule has 0 amide bonds. The van der Waals surface area contributed by atoms with Crippen LogP contribution in [0.4, 0.5) is 19.1 Å². The van der Waals surface area contributed by atoms with Gasteiger partial charge in [-0.05, 0) is 11.6 Å². The molecule has 0 N–H and O–H groups in total. The summed E-state index contributed by atoms with van der Waals surface area (Å²) in [6.07, 6.45) is -4.36. The number of anilines is 1. The Morgan fingerprint density at radius 3 is 2.56 bits per heavy atom. The smallest absolute Gasteiger partial charge is 0.378 e. The maximum absolute atomic E-state index is 13.0. The molecule has 1 aliphatic rings. The molecule has 2 heterocycles. The van der Waals surface area contributed by atoms with E-state index >= 15 is 0 Å². The third-order valence-electron chi connectivity index (χ3n) is 3.64. The van der Waals surface area contributed by atoms with Crippen molar-refractivity contribution in [3.63, 3.8) is 0 Å². The van der Waals surface area contributed by atoms with Gasteiger partial charge in [-0.25, -0.2) is 0 Å². The molecule has 25 heavy (non-hydrogen) atoms. The van der Waals surface area contributed by atoms with Crippen LogP contribution in [0.5, 0.6) is 0 Å². The van der Waals surface area contributed by atoms with E-state index in [9.17, 15) is 13.2 Å². The highest BCUT2D eigenvalue weighted by Gasteiger charge is 2.32. The summed E-state index contributed by atoms with van der Waals surface area (Å²) in [5, 5.41) is 8.75. The first kappa shape index (κ1) is 18.3. The molecule has 0 radical (unpaired) electrons. The zero-order chi connectivity index (χ0) is 17.9. The largest absolute Gasteiger partial charge is 0.406 e. The highest BCUT2D eigenvalue weighted by molar-refractivity contribution is 7.98. The van der Waals surface area contributed by atoms with Gasteiger partial charge in [0.25, 0.3) is 0 Å². The molecule has 0 saturated carbocycles. The van der Waals surface area contributed by atoms with Crippen LogP contribution < -0.4 is 4.90 Å². The Morgan fingerprint density at radius 1 is 1.16 bits per heavy atom. The van der Waals surface area contributed by atoms with Crippen molar-refractivity contribution in [1.82, 2.24) is 14.8 Å². The van der Waals surface area contributed by atoms with Crippen molar-refractivity contribution in [1.29, 1.82) is 0 Å². The first-order valence-corrected chi connectivity index (χ1v) is 8.99. The van der Waals surface area contributed by atoms with Crippen LogP contribution in [0.15, 0.2) is 29.4 Å². The maximum atomic E-state index is 13.0. The Labute approximate surface area is 152 Å². The number of ether oxygens (including phenoxy) is 1. The third kappa shape index (κ3) is 4.80. The fourth-order valence-corrected chi connectivity index (χ4v) is 3.68. The number of benzene rings is 1. The molecule has 1 aliphatic heterocycles. The Hall–Kier alpha value is -1.45. The quantitative estimate of drug-likeness (QED) is 0.727. The number of morpholine rings is 1. The molecule has 0 spiro atoms. The van der Waals surface area contributed by atoms with Crippen LogP contribution in [0.1, 0.15) is 5.56 Å². The summed E-state index contributed by atoms with van der Waals surface area (Å²) in [7, 11) is 0. The van der Waals surface area contributed by atoms with Crippen LogP contribution in [0.3, 0.4) is 0 Å². The Kier molecular flexibility index (Phi) is 5.75. The van der Waals surface area contributed by atoms with Crippen molar-refractivity contribution < 1.29 is 17.9 Å². The Balaban J connectivity index is 1.82. The van der Waals surface area contributed by atoms with Gasteiger partial charge in [0.15, 0.2) is 5.16 Å². The maximum Gasteiger partial charge on any atom is 0.406 e. The molecule has 0 unspecified atom stereocenters. The predicted octanol–water partition coefficient (Wildman–Crippen LogP) is 3.62. The van der Waals surface area contributed by atoms with Gasteiger partial charge < -0.3 is 9.64 Å². The number of alkyl halides is 3. The number of rotatable bonds is 5. The summed E-state index contributed by atoms with van der Waals surface area (Å²) < 4.78 is 45.4. The number of halogens is 4. The molecule has 0 bridgehead atoms. The minimum Gasteiger partial charge on any atom is -0.378 e. The van der Waals surface area contributed by atoms with Gasteiger partial charge in [-0.3, -0.25) is 4.57 Å². The first-order valence-electron chi connectivity index (χ1n) is 7.63. The summed E-state index contributed by atoms with van der Waals surface area (Å²) in [5.74, 6) is 0.640. The van der Waals surface area contributed by atoms with E-state index in [1.54, 1.807) is 17.0 Å². The molecule has 1 aromatic carbocycles. The normalized spacial score (nSPS) is 15.6. The van der Waals surface area contributed by atoms with E-state index in [0.29, 0.717) is 37.1 Å². The zero-order valence-electron chi connectivity index (χ0n) is 13.2. The summed E-state index contributed by atoms with van der Waals surface area (Å²) in [6, 6.07) is 7.22. The number of hydrogen-bond acceptors (Lipinski definition) is 5. The van der Waals surface area contributed by atoms with Crippen LogP contribution in [0.2, 0.25) is 5.02 Å². The van der Waals surface area contributed by atoms with E-state index in [2.05, 4.69) is 10.2 Å². The van der Waals surface area contributed by atoms with E-state index in [-0.39, 0.29) is 11.1 Å². The lowest BCUT2D eigenvalue weighted by atomic mass is 10.2. The topological polar surface area (TPSA) is 43.2 Å². The molecule has 2 aromatic rings. The fraction of sp³-hybridized carbons (Fsp3) is 0.467. The molecule has 1 aromatic heterocycles. The van der Waals surface area contributed by atoms with E-state index in [1.807, 2.05) is 12.1 Å². The van der Waals surface area contributed by atoms with Crippen molar-refractivity contribution in [3.8, 4) is 0 Å². The minimum absolute atomic E-state index is 0.221. The van der Waals surface area contributed by atoms with Crippen LogP contribution in [-0.4, -0.2) is 47.2 Å². The second-order valence-electron chi connectivity index (χ2n) is 5.46. The molecular weight excluding hydrogens is 377 g/mol. The second kappa shape index (κ2) is 7.84.